The van der Waals surface area contributed by atoms with E-state index in [-0.39, 0.29) is 42.9 Å². The molecule has 0 fully saturated rings. The predicted octanol–water partition coefficient (Wildman–Crippen LogP) is 4.12. The molecule has 61 heavy (non-hydrogen) atoms. The number of nitrogens with one attached hydrogen (secondary N) is 2. The topological polar surface area (TPSA) is 237 Å². The van der Waals surface area contributed by atoms with Gasteiger partial charge >= 0.3 is 12.1 Å². The van der Waals surface area contributed by atoms with E-state index >= 15 is 0 Å². The molecule has 0 aliphatic carbocycles. The summed E-state index contributed by atoms with van der Waals surface area (Å²) in [5, 5.41) is 6.34. The lowest BCUT2D eigenvalue weighted by molar-refractivity contribution is -0.175. The number of hydrogen-bond acceptors (Lipinski definition) is 13. The number of unbranched alkanes of at least 4 members (excludes halogenated alkanes) is 3. The van der Waals surface area contributed by atoms with Crippen LogP contribution in [0.4, 0.5) is 16.2 Å². The van der Waals surface area contributed by atoms with E-state index < -0.39 is 54.7 Å². The number of nitrogens with zero attached hydrogens (tertiary/aromatic N) is 3. The van der Waals surface area contributed by atoms with Crippen molar-refractivity contribution in [1.82, 2.24) is 14.9 Å². The smallest absolute Gasteiger partial charge is 0.457 e. The quantitative estimate of drug-likeness (QED) is 0.0639. The molecule has 3 amide bonds. The predicted molar refractivity (Wildman–Crippen MR) is 226 cm³/mol. The van der Waals surface area contributed by atoms with Crippen LogP contribution in [-0.4, -0.2) is 78.8 Å². The van der Waals surface area contributed by atoms with E-state index in [0.29, 0.717) is 48.4 Å². The second kappa shape index (κ2) is 19.8. The highest BCUT2D eigenvalue weighted by Gasteiger charge is 2.51. The van der Waals surface area contributed by atoms with E-state index in [1.54, 1.807) is 41.8 Å². The van der Waals surface area contributed by atoms with Crippen molar-refractivity contribution < 1.29 is 42.9 Å². The first-order valence-corrected chi connectivity index (χ1v) is 20.6. The Morgan fingerprint density at radius 1 is 1.02 bits per heavy atom. The maximum absolute atomic E-state index is 14.1. The van der Waals surface area contributed by atoms with Crippen LogP contribution < -0.4 is 32.6 Å². The first-order valence-electron chi connectivity index (χ1n) is 20.6. The summed E-state index contributed by atoms with van der Waals surface area (Å²) in [6.07, 6.45) is 3.68. The van der Waals surface area contributed by atoms with Crippen molar-refractivity contribution in [1.29, 1.82) is 0 Å². The molecule has 6 N–H and O–H groups in total. The largest absolute Gasteiger partial charge is 0.510 e. The Bertz CT molecular complexity index is 2350. The lowest BCUT2D eigenvalue weighted by Gasteiger charge is -2.35. The van der Waals surface area contributed by atoms with Crippen LogP contribution in [0.5, 0.6) is 0 Å². The molecule has 2 aliphatic rings. The number of fused-ring (bicyclic) bond motifs is 5. The first kappa shape index (κ1) is 44.2. The number of benzene rings is 2. The summed E-state index contributed by atoms with van der Waals surface area (Å²) in [5.41, 5.74) is 13.5. The second-order valence-electron chi connectivity index (χ2n) is 15.2. The number of pyridine rings is 2. The Kier molecular flexibility index (Phi) is 14.4. The monoisotopic (exact) mass is 839 g/mol. The first-order chi connectivity index (χ1) is 29.4. The number of anilines is 2. The molecule has 2 atom stereocenters. The van der Waals surface area contributed by atoms with E-state index in [0.717, 1.165) is 48.0 Å². The molecule has 17 nitrogen and oxygen atoms in total. The molecule has 2 aromatic heterocycles. The number of aromatic nitrogens is 2. The van der Waals surface area contributed by atoms with Crippen molar-refractivity contribution in [2.75, 3.05) is 43.6 Å². The molecule has 4 heterocycles. The number of rotatable bonds is 20. The molecule has 0 saturated carbocycles. The third kappa shape index (κ3) is 10.0. The van der Waals surface area contributed by atoms with Crippen LogP contribution in [0.1, 0.15) is 81.0 Å². The van der Waals surface area contributed by atoms with Gasteiger partial charge in [0.05, 0.1) is 29.0 Å². The minimum atomic E-state index is -1.95. The van der Waals surface area contributed by atoms with Gasteiger partial charge in [-0.25, -0.2) is 14.6 Å². The van der Waals surface area contributed by atoms with Crippen LogP contribution in [0.3, 0.4) is 0 Å². The van der Waals surface area contributed by atoms with Gasteiger partial charge in [-0.2, -0.15) is 0 Å². The van der Waals surface area contributed by atoms with E-state index in [9.17, 15) is 28.8 Å². The Morgan fingerprint density at radius 3 is 2.52 bits per heavy atom. The minimum absolute atomic E-state index is 0.0367. The molecule has 0 bridgehead atoms. The third-order valence-electron chi connectivity index (χ3n) is 10.9. The van der Waals surface area contributed by atoms with Crippen molar-refractivity contribution in [3.63, 3.8) is 0 Å². The molecule has 0 saturated heterocycles. The molecule has 4 aromatic rings. The van der Waals surface area contributed by atoms with Crippen molar-refractivity contribution in [3.8, 4) is 11.4 Å². The molecular formula is C44H53N7O10. The van der Waals surface area contributed by atoms with Gasteiger partial charge in [0.25, 0.3) is 5.56 Å². The summed E-state index contributed by atoms with van der Waals surface area (Å²) < 4.78 is 23.3. The fourth-order valence-corrected chi connectivity index (χ4v) is 7.67. The van der Waals surface area contributed by atoms with E-state index in [2.05, 4.69) is 41.6 Å². The molecule has 0 radical (unpaired) electrons. The van der Waals surface area contributed by atoms with Gasteiger partial charge in [0.2, 0.25) is 23.3 Å². The number of amides is 3. The van der Waals surface area contributed by atoms with E-state index in [1.165, 1.54) is 0 Å². The van der Waals surface area contributed by atoms with E-state index in [1.807, 2.05) is 12.1 Å². The molecule has 0 unspecified atom stereocenters. The number of cyclic esters (lactones) is 1. The summed E-state index contributed by atoms with van der Waals surface area (Å²) in [7, 11) is 2.07. The Balaban J connectivity index is 1.14. The second-order valence-corrected chi connectivity index (χ2v) is 15.2. The van der Waals surface area contributed by atoms with Crippen molar-refractivity contribution >= 4 is 52.1 Å². The minimum Gasteiger partial charge on any atom is -0.457 e. The number of nitrogens with two attached hydrogens (primary N) is 2. The fourth-order valence-electron chi connectivity index (χ4n) is 7.67. The van der Waals surface area contributed by atoms with Gasteiger partial charge in [-0.3, -0.25) is 19.2 Å². The van der Waals surface area contributed by atoms with Gasteiger partial charge in [-0.05, 0) is 80.6 Å². The van der Waals surface area contributed by atoms with Crippen molar-refractivity contribution in [2.45, 2.75) is 90.2 Å². The summed E-state index contributed by atoms with van der Waals surface area (Å²) in [4.78, 5) is 84.6. The number of carbonyl (C=O) groups is 5. The van der Waals surface area contributed by atoms with Crippen LogP contribution in [0, 0.1) is 0 Å². The van der Waals surface area contributed by atoms with Crippen LogP contribution in [0.2, 0.25) is 0 Å². The number of esters is 1. The summed E-state index contributed by atoms with van der Waals surface area (Å²) in [6, 6.07) is 15.3. The normalized spacial score (nSPS) is 15.5. The zero-order valence-electron chi connectivity index (χ0n) is 34.8. The SMILES string of the molecule is CCCCCN(C)c1cccc2nc3c(cc12)Cn1c-3cc2c(c1=O)COC(=O)[C@@]2(CC)OC(=O)OCc1ccc(NC(=O)[C@H](CCCCN)NC(=O)COCC(N)=O)cc1. The lowest BCUT2D eigenvalue weighted by atomic mass is 9.85. The maximum Gasteiger partial charge on any atom is 0.510 e. The average molecular weight is 840 g/mol. The van der Waals surface area contributed by atoms with Crippen LogP contribution in [0.25, 0.3) is 22.3 Å². The maximum atomic E-state index is 14.1. The van der Waals surface area contributed by atoms with Gasteiger partial charge in [-0.1, -0.05) is 44.9 Å². The van der Waals surface area contributed by atoms with Crippen LogP contribution in [0.15, 0.2) is 59.4 Å². The number of carbonyl (C=O) groups excluding carboxylic acids is 5. The zero-order chi connectivity index (χ0) is 43.7. The standard InChI is InChI=1S/C44H53N7O10/c1-4-6-9-19-50(3)35-13-10-12-33-30(35)20-28-22-51-36(39(28)49-33)21-32-31(41(51)55)24-59-42(56)44(32,5-2)61-43(57)60-23-27-14-16-29(17-15-27)47-40(54)34(11-7-8-18-45)48-38(53)26-58-25-37(46)52/h10,12-17,20-21,34H,4-9,11,18-19,22-26,45H2,1-3H3,(H2,46,52)(H,47,54)(H,48,53)/t34-,44-/m0/s1. The summed E-state index contributed by atoms with van der Waals surface area (Å²) in [5.74, 6) is -2.62. The number of hydrogen-bond donors (Lipinski definition) is 4. The Labute approximate surface area is 353 Å². The molecule has 2 aliphatic heterocycles. The number of ether oxygens (including phenoxy) is 4. The molecule has 0 spiro atoms. The lowest BCUT2D eigenvalue weighted by Crippen LogP contribution is -2.47. The van der Waals surface area contributed by atoms with Gasteiger partial charge < -0.3 is 50.5 Å². The zero-order valence-corrected chi connectivity index (χ0v) is 34.8. The van der Waals surface area contributed by atoms with Crippen LogP contribution >= 0.6 is 0 Å². The van der Waals surface area contributed by atoms with Crippen molar-refractivity contribution in [3.05, 3.63) is 87.2 Å². The highest BCUT2D eigenvalue weighted by molar-refractivity contribution is 5.97. The third-order valence-corrected chi connectivity index (χ3v) is 10.9. The molecule has 2 aromatic carbocycles. The van der Waals surface area contributed by atoms with Gasteiger partial charge in [0.15, 0.2) is 0 Å². The average Bonchev–Trinajstić information content (AvgIpc) is 3.60. The number of primary amides is 1. The Hall–Kier alpha value is -6.33. The summed E-state index contributed by atoms with van der Waals surface area (Å²) in [6.45, 7) is 4.04. The van der Waals surface area contributed by atoms with Gasteiger partial charge in [0.1, 0.15) is 32.5 Å². The molecular weight excluding hydrogens is 787 g/mol. The molecule has 6 rings (SSSR count). The van der Waals surface area contributed by atoms with Gasteiger partial charge in [-0.15, -0.1) is 0 Å². The Morgan fingerprint density at radius 2 is 1.80 bits per heavy atom. The van der Waals surface area contributed by atoms with Crippen LogP contribution in [-0.2, 0) is 63.5 Å². The highest BCUT2D eigenvalue weighted by atomic mass is 16.7. The summed E-state index contributed by atoms with van der Waals surface area (Å²) >= 11 is 0. The van der Waals surface area contributed by atoms with Crippen molar-refractivity contribution in [2.24, 2.45) is 11.5 Å². The highest BCUT2D eigenvalue weighted by Crippen LogP contribution is 2.42. The fraction of sp³-hybridized carbons (Fsp3) is 0.432. The molecule has 324 valence electrons. The van der Waals surface area contributed by atoms with Gasteiger partial charge in [0, 0.05) is 41.5 Å². The molecule has 17 heteroatoms. The van der Waals surface area contributed by atoms with E-state index in [4.69, 9.17) is 35.4 Å².